The molecule has 0 aromatic rings. The van der Waals surface area contributed by atoms with Crippen molar-refractivity contribution in [2.24, 2.45) is 0 Å². The summed E-state index contributed by atoms with van der Waals surface area (Å²) >= 11 is 0. The second kappa shape index (κ2) is 7.73. The molecule has 0 bridgehead atoms. The smallest absolute Gasteiger partial charge is 0.0578 e. The van der Waals surface area contributed by atoms with Crippen LogP contribution in [0.2, 0.25) is 0 Å². The average Bonchev–Trinajstić information content (AvgIpc) is 2.47. The molecule has 1 heterocycles. The molecular formula is C13H24N2. The molecule has 0 aromatic heterocycles. The van der Waals surface area contributed by atoms with Crippen molar-refractivity contribution < 1.29 is 0 Å². The van der Waals surface area contributed by atoms with Crippen molar-refractivity contribution in [3.05, 3.63) is 0 Å². The Hall–Kier alpha value is -0.520. The first-order chi connectivity index (χ1) is 7.33. The highest BCUT2D eigenvalue weighted by molar-refractivity contribution is 4.97. The van der Waals surface area contributed by atoms with Gasteiger partial charge in [-0.2, -0.15) is 0 Å². The number of nitrogens with one attached hydrogen (secondary N) is 2. The van der Waals surface area contributed by atoms with Gasteiger partial charge < -0.3 is 10.6 Å². The molecule has 2 N–H and O–H groups in total. The molecule has 1 fully saturated rings. The number of hydrogen-bond acceptors (Lipinski definition) is 2. The lowest BCUT2D eigenvalue weighted by molar-refractivity contribution is 0.413. The maximum absolute atomic E-state index is 3.63. The standard InChI is InChI=1S/C13H24N2/c1-3-4-9-14-12(2)11-13-8-6-5-7-10-15-13/h12-15H,5-11H2,1-2H3. The van der Waals surface area contributed by atoms with Crippen LogP contribution >= 0.6 is 0 Å². The summed E-state index contributed by atoms with van der Waals surface area (Å²) in [5, 5.41) is 7.06. The van der Waals surface area contributed by atoms with Crippen molar-refractivity contribution in [3.63, 3.8) is 0 Å². The molecular weight excluding hydrogens is 184 g/mol. The molecule has 1 rings (SSSR count). The summed E-state index contributed by atoms with van der Waals surface area (Å²) in [6.45, 7) is 6.17. The average molecular weight is 208 g/mol. The monoisotopic (exact) mass is 208 g/mol. The SMILES string of the molecule is CC#CCNC(C)CC1CCCCCN1. The van der Waals surface area contributed by atoms with E-state index in [-0.39, 0.29) is 0 Å². The van der Waals surface area contributed by atoms with Crippen LogP contribution in [0.4, 0.5) is 0 Å². The van der Waals surface area contributed by atoms with Crippen molar-refractivity contribution in [1.82, 2.24) is 10.6 Å². The van der Waals surface area contributed by atoms with Gasteiger partial charge in [0.05, 0.1) is 6.54 Å². The summed E-state index contributed by atoms with van der Waals surface area (Å²) in [5.74, 6) is 5.96. The molecule has 1 saturated heterocycles. The molecule has 2 atom stereocenters. The van der Waals surface area contributed by atoms with Crippen molar-refractivity contribution in [2.75, 3.05) is 13.1 Å². The first-order valence-corrected chi connectivity index (χ1v) is 6.19. The Morgan fingerprint density at radius 3 is 3.07 bits per heavy atom. The molecule has 0 aliphatic carbocycles. The molecule has 86 valence electrons. The van der Waals surface area contributed by atoms with Gasteiger partial charge in [-0.3, -0.25) is 0 Å². The van der Waals surface area contributed by atoms with E-state index in [0.29, 0.717) is 12.1 Å². The van der Waals surface area contributed by atoms with Crippen LogP contribution in [0, 0.1) is 11.8 Å². The third kappa shape index (κ3) is 5.81. The minimum absolute atomic E-state index is 0.571. The van der Waals surface area contributed by atoms with E-state index in [1.165, 1.54) is 38.6 Å². The van der Waals surface area contributed by atoms with E-state index in [1.54, 1.807) is 0 Å². The van der Waals surface area contributed by atoms with E-state index in [9.17, 15) is 0 Å². The van der Waals surface area contributed by atoms with Gasteiger partial charge in [0.25, 0.3) is 0 Å². The maximum Gasteiger partial charge on any atom is 0.0578 e. The fourth-order valence-corrected chi connectivity index (χ4v) is 2.13. The Balaban J connectivity index is 2.16. The van der Waals surface area contributed by atoms with Crippen LogP contribution in [0.1, 0.15) is 46.0 Å². The van der Waals surface area contributed by atoms with Crippen molar-refractivity contribution in [2.45, 2.75) is 58.0 Å². The van der Waals surface area contributed by atoms with Crippen molar-refractivity contribution in [3.8, 4) is 11.8 Å². The zero-order valence-corrected chi connectivity index (χ0v) is 10.1. The van der Waals surface area contributed by atoms with E-state index < -0.39 is 0 Å². The highest BCUT2D eigenvalue weighted by Gasteiger charge is 2.13. The van der Waals surface area contributed by atoms with Crippen LogP contribution < -0.4 is 10.6 Å². The fourth-order valence-electron chi connectivity index (χ4n) is 2.13. The quantitative estimate of drug-likeness (QED) is 0.690. The number of hydrogen-bond donors (Lipinski definition) is 2. The molecule has 2 heteroatoms. The third-order valence-corrected chi connectivity index (χ3v) is 3.02. The summed E-state index contributed by atoms with van der Waals surface area (Å²) < 4.78 is 0. The van der Waals surface area contributed by atoms with Gasteiger partial charge in [-0.15, -0.1) is 5.92 Å². The zero-order valence-electron chi connectivity index (χ0n) is 10.1. The predicted octanol–water partition coefficient (Wildman–Crippen LogP) is 1.91. The van der Waals surface area contributed by atoms with Crippen LogP contribution in [0.5, 0.6) is 0 Å². The van der Waals surface area contributed by atoms with E-state index >= 15 is 0 Å². The number of rotatable bonds is 4. The molecule has 0 radical (unpaired) electrons. The zero-order chi connectivity index (χ0) is 10.9. The van der Waals surface area contributed by atoms with Gasteiger partial charge in [0, 0.05) is 12.1 Å². The molecule has 15 heavy (non-hydrogen) atoms. The summed E-state index contributed by atoms with van der Waals surface area (Å²) in [4.78, 5) is 0. The Morgan fingerprint density at radius 2 is 2.27 bits per heavy atom. The molecule has 2 nitrogen and oxygen atoms in total. The van der Waals surface area contributed by atoms with Crippen LogP contribution in [-0.2, 0) is 0 Å². The lowest BCUT2D eigenvalue weighted by atomic mass is 10.0. The van der Waals surface area contributed by atoms with Gasteiger partial charge in [-0.1, -0.05) is 18.8 Å². The van der Waals surface area contributed by atoms with E-state index in [0.717, 1.165) is 6.54 Å². The minimum Gasteiger partial charge on any atom is -0.314 e. The van der Waals surface area contributed by atoms with Crippen LogP contribution in [0.3, 0.4) is 0 Å². The Bertz CT molecular complexity index is 206. The highest BCUT2D eigenvalue weighted by Crippen LogP contribution is 2.12. The van der Waals surface area contributed by atoms with Gasteiger partial charge >= 0.3 is 0 Å². The summed E-state index contributed by atoms with van der Waals surface area (Å²) in [5.41, 5.74) is 0. The van der Waals surface area contributed by atoms with Crippen molar-refractivity contribution in [1.29, 1.82) is 0 Å². The second-order valence-electron chi connectivity index (χ2n) is 4.44. The maximum atomic E-state index is 3.63. The van der Waals surface area contributed by atoms with E-state index in [4.69, 9.17) is 0 Å². The van der Waals surface area contributed by atoms with Gasteiger partial charge in [0.15, 0.2) is 0 Å². The predicted molar refractivity (Wildman–Crippen MR) is 65.8 cm³/mol. The van der Waals surface area contributed by atoms with Crippen LogP contribution in [-0.4, -0.2) is 25.2 Å². The van der Waals surface area contributed by atoms with Crippen LogP contribution in [0.25, 0.3) is 0 Å². The summed E-state index contributed by atoms with van der Waals surface area (Å²) in [7, 11) is 0. The molecule has 0 aromatic carbocycles. The molecule has 2 unspecified atom stereocenters. The molecule has 0 saturated carbocycles. The minimum atomic E-state index is 0.571. The first kappa shape index (κ1) is 12.5. The van der Waals surface area contributed by atoms with E-state index in [2.05, 4.69) is 29.4 Å². The largest absolute Gasteiger partial charge is 0.314 e. The molecule has 1 aliphatic rings. The summed E-state index contributed by atoms with van der Waals surface area (Å²) in [6, 6.07) is 1.28. The fraction of sp³-hybridized carbons (Fsp3) is 0.846. The van der Waals surface area contributed by atoms with E-state index in [1.807, 2.05) is 6.92 Å². The lowest BCUT2D eigenvalue weighted by Gasteiger charge is -2.20. The molecule has 0 amide bonds. The highest BCUT2D eigenvalue weighted by atomic mass is 14.9. The van der Waals surface area contributed by atoms with Gasteiger partial charge in [0.1, 0.15) is 0 Å². The summed E-state index contributed by atoms with van der Waals surface area (Å²) in [6.07, 6.45) is 6.70. The lowest BCUT2D eigenvalue weighted by Crippen LogP contribution is -2.36. The molecule has 0 spiro atoms. The third-order valence-electron chi connectivity index (χ3n) is 3.02. The Morgan fingerprint density at radius 1 is 1.40 bits per heavy atom. The Labute approximate surface area is 94.2 Å². The Kier molecular flexibility index (Phi) is 6.47. The van der Waals surface area contributed by atoms with Crippen LogP contribution in [0.15, 0.2) is 0 Å². The second-order valence-corrected chi connectivity index (χ2v) is 4.44. The van der Waals surface area contributed by atoms with Gasteiger partial charge in [0.2, 0.25) is 0 Å². The van der Waals surface area contributed by atoms with Gasteiger partial charge in [-0.05, 0) is 39.7 Å². The first-order valence-electron chi connectivity index (χ1n) is 6.19. The molecule has 1 aliphatic heterocycles. The van der Waals surface area contributed by atoms with Crippen molar-refractivity contribution >= 4 is 0 Å². The topological polar surface area (TPSA) is 24.1 Å². The van der Waals surface area contributed by atoms with Gasteiger partial charge in [-0.25, -0.2) is 0 Å². The normalized spacial score (nSPS) is 23.7.